The van der Waals surface area contributed by atoms with Crippen molar-refractivity contribution >= 4 is 23.5 Å². The number of anilines is 1. The molecule has 1 fully saturated rings. The molecule has 5 heteroatoms. The Hall–Kier alpha value is -1.23. The summed E-state index contributed by atoms with van der Waals surface area (Å²) in [7, 11) is 1.80. The summed E-state index contributed by atoms with van der Waals surface area (Å²) >= 11 is 1.94. The zero-order valence-corrected chi connectivity index (χ0v) is 12.3. The van der Waals surface area contributed by atoms with Crippen LogP contribution in [0.5, 0.6) is 0 Å². The number of aromatic nitrogens is 1. The Labute approximate surface area is 118 Å². The van der Waals surface area contributed by atoms with Gasteiger partial charge in [-0.1, -0.05) is 0 Å². The van der Waals surface area contributed by atoms with E-state index in [0.717, 1.165) is 23.9 Å². The Balaban J connectivity index is 1.90. The minimum absolute atomic E-state index is 0.00602. The molecule has 1 aromatic heterocycles. The molecular weight excluding hydrogens is 258 g/mol. The van der Waals surface area contributed by atoms with E-state index in [1.807, 2.05) is 11.8 Å². The van der Waals surface area contributed by atoms with Crippen molar-refractivity contribution in [3.8, 4) is 0 Å². The van der Waals surface area contributed by atoms with E-state index in [9.17, 15) is 4.79 Å². The summed E-state index contributed by atoms with van der Waals surface area (Å²) in [4.78, 5) is 16.3. The van der Waals surface area contributed by atoms with Gasteiger partial charge in [0.15, 0.2) is 0 Å². The molecule has 0 unspecified atom stereocenters. The zero-order valence-electron chi connectivity index (χ0n) is 11.5. The number of thioether (sulfide) groups is 1. The summed E-state index contributed by atoms with van der Waals surface area (Å²) in [5, 5.41) is 6.84. The normalized spacial score (nSPS) is 22.8. The molecule has 1 aromatic rings. The average molecular weight is 279 g/mol. The molecule has 0 bridgehead atoms. The number of pyridine rings is 1. The molecule has 0 radical (unpaired) electrons. The van der Waals surface area contributed by atoms with Crippen LogP contribution in [0.25, 0.3) is 0 Å². The van der Waals surface area contributed by atoms with Gasteiger partial charge in [0.2, 0.25) is 0 Å². The lowest BCUT2D eigenvalue weighted by Crippen LogP contribution is -2.38. The summed E-state index contributed by atoms with van der Waals surface area (Å²) in [5.74, 6) is 0.727. The highest BCUT2D eigenvalue weighted by Gasteiger charge is 2.22. The SMILES string of the molecule is CNc1cc(C(=O)NC2CCC(SC)CC2)ccn1. The molecule has 1 saturated carbocycles. The van der Waals surface area contributed by atoms with Gasteiger partial charge in [0, 0.05) is 30.1 Å². The third kappa shape index (κ3) is 3.86. The van der Waals surface area contributed by atoms with Gasteiger partial charge < -0.3 is 10.6 Å². The van der Waals surface area contributed by atoms with Crippen molar-refractivity contribution in [2.24, 2.45) is 0 Å². The highest BCUT2D eigenvalue weighted by Crippen LogP contribution is 2.26. The first-order valence-electron chi connectivity index (χ1n) is 6.70. The van der Waals surface area contributed by atoms with Crippen molar-refractivity contribution in [2.45, 2.75) is 37.0 Å². The third-order valence-corrected chi connectivity index (χ3v) is 4.76. The van der Waals surface area contributed by atoms with Crippen LogP contribution in [0.4, 0.5) is 5.82 Å². The van der Waals surface area contributed by atoms with E-state index < -0.39 is 0 Å². The molecule has 104 valence electrons. The second-order valence-electron chi connectivity index (χ2n) is 4.86. The maximum atomic E-state index is 12.2. The first kappa shape index (κ1) is 14.2. The lowest BCUT2D eigenvalue weighted by atomic mass is 9.95. The van der Waals surface area contributed by atoms with Crippen LogP contribution in [-0.2, 0) is 0 Å². The minimum atomic E-state index is 0.00602. The molecule has 1 aliphatic carbocycles. The van der Waals surface area contributed by atoms with Crippen LogP contribution < -0.4 is 10.6 Å². The van der Waals surface area contributed by atoms with Gasteiger partial charge in [-0.3, -0.25) is 4.79 Å². The zero-order chi connectivity index (χ0) is 13.7. The van der Waals surface area contributed by atoms with Gasteiger partial charge in [-0.15, -0.1) is 0 Å². The van der Waals surface area contributed by atoms with Gasteiger partial charge in [-0.25, -0.2) is 4.98 Å². The van der Waals surface area contributed by atoms with Crippen molar-refractivity contribution in [2.75, 3.05) is 18.6 Å². The summed E-state index contributed by atoms with van der Waals surface area (Å²) in [6.45, 7) is 0. The fourth-order valence-electron chi connectivity index (χ4n) is 2.42. The van der Waals surface area contributed by atoms with Crippen LogP contribution in [0.2, 0.25) is 0 Å². The Morgan fingerprint density at radius 2 is 2.11 bits per heavy atom. The minimum Gasteiger partial charge on any atom is -0.373 e. The maximum absolute atomic E-state index is 12.2. The highest BCUT2D eigenvalue weighted by molar-refractivity contribution is 7.99. The van der Waals surface area contributed by atoms with Gasteiger partial charge in [-0.05, 0) is 44.1 Å². The number of hydrogen-bond donors (Lipinski definition) is 2. The van der Waals surface area contributed by atoms with Crippen molar-refractivity contribution in [1.29, 1.82) is 0 Å². The van der Waals surface area contributed by atoms with E-state index >= 15 is 0 Å². The second kappa shape index (κ2) is 6.80. The topological polar surface area (TPSA) is 54.0 Å². The number of hydrogen-bond acceptors (Lipinski definition) is 4. The first-order valence-corrected chi connectivity index (χ1v) is 7.99. The van der Waals surface area contributed by atoms with Crippen LogP contribution in [0.15, 0.2) is 18.3 Å². The van der Waals surface area contributed by atoms with Gasteiger partial charge >= 0.3 is 0 Å². The van der Waals surface area contributed by atoms with E-state index in [2.05, 4.69) is 21.9 Å². The first-order chi connectivity index (χ1) is 9.22. The summed E-state index contributed by atoms with van der Waals surface area (Å²) < 4.78 is 0. The molecule has 2 rings (SSSR count). The number of rotatable bonds is 4. The molecule has 1 heterocycles. The number of nitrogens with zero attached hydrogens (tertiary/aromatic N) is 1. The molecule has 19 heavy (non-hydrogen) atoms. The molecule has 1 amide bonds. The van der Waals surface area contributed by atoms with Gasteiger partial charge in [-0.2, -0.15) is 11.8 Å². The van der Waals surface area contributed by atoms with Crippen LogP contribution in [0.1, 0.15) is 36.0 Å². The van der Waals surface area contributed by atoms with Crippen LogP contribution in [0, 0.1) is 0 Å². The predicted molar refractivity (Wildman–Crippen MR) is 80.8 cm³/mol. The largest absolute Gasteiger partial charge is 0.373 e. The third-order valence-electron chi connectivity index (χ3n) is 3.62. The predicted octanol–water partition coefficient (Wildman–Crippen LogP) is 2.53. The van der Waals surface area contributed by atoms with E-state index in [1.165, 1.54) is 12.8 Å². The molecule has 0 atom stereocenters. The average Bonchev–Trinajstić information content (AvgIpc) is 2.48. The van der Waals surface area contributed by atoms with E-state index in [4.69, 9.17) is 0 Å². The molecule has 4 nitrogen and oxygen atoms in total. The lowest BCUT2D eigenvalue weighted by molar-refractivity contribution is 0.0928. The molecule has 0 aromatic carbocycles. The highest BCUT2D eigenvalue weighted by atomic mass is 32.2. The number of carbonyl (C=O) groups excluding carboxylic acids is 1. The Morgan fingerprint density at radius 1 is 1.37 bits per heavy atom. The van der Waals surface area contributed by atoms with E-state index in [0.29, 0.717) is 11.6 Å². The van der Waals surface area contributed by atoms with Crippen molar-refractivity contribution in [1.82, 2.24) is 10.3 Å². The lowest BCUT2D eigenvalue weighted by Gasteiger charge is -2.28. The van der Waals surface area contributed by atoms with Crippen LogP contribution >= 0.6 is 11.8 Å². The maximum Gasteiger partial charge on any atom is 0.251 e. The summed E-state index contributed by atoms with van der Waals surface area (Å²) in [5.41, 5.74) is 0.673. The van der Waals surface area contributed by atoms with Crippen LogP contribution in [-0.4, -0.2) is 35.5 Å². The number of nitrogens with one attached hydrogen (secondary N) is 2. The fraction of sp³-hybridized carbons (Fsp3) is 0.571. The van der Waals surface area contributed by atoms with E-state index in [-0.39, 0.29) is 5.91 Å². The van der Waals surface area contributed by atoms with Crippen molar-refractivity contribution in [3.05, 3.63) is 23.9 Å². The molecule has 2 N–H and O–H groups in total. The Morgan fingerprint density at radius 3 is 2.74 bits per heavy atom. The molecule has 0 aliphatic heterocycles. The molecule has 1 aliphatic rings. The van der Waals surface area contributed by atoms with Crippen molar-refractivity contribution < 1.29 is 4.79 Å². The molecular formula is C14H21N3OS. The molecule has 0 saturated heterocycles. The monoisotopic (exact) mass is 279 g/mol. The molecule has 0 spiro atoms. The summed E-state index contributed by atoms with van der Waals surface area (Å²) in [6.07, 6.45) is 8.39. The van der Waals surface area contributed by atoms with Gasteiger partial charge in [0.05, 0.1) is 0 Å². The standard InChI is InChI=1S/C14H21N3OS/c1-15-13-9-10(7-8-16-13)14(18)17-11-3-5-12(19-2)6-4-11/h7-9,11-12H,3-6H2,1-2H3,(H,15,16)(H,17,18). The van der Waals surface area contributed by atoms with Crippen molar-refractivity contribution in [3.63, 3.8) is 0 Å². The number of amides is 1. The van der Waals surface area contributed by atoms with Gasteiger partial charge in [0.25, 0.3) is 5.91 Å². The number of carbonyl (C=O) groups is 1. The summed E-state index contributed by atoms with van der Waals surface area (Å²) in [6, 6.07) is 3.86. The van der Waals surface area contributed by atoms with E-state index in [1.54, 1.807) is 25.4 Å². The smallest absolute Gasteiger partial charge is 0.251 e. The Kier molecular flexibility index (Phi) is 5.07. The fourth-order valence-corrected chi connectivity index (χ4v) is 3.16. The second-order valence-corrected chi connectivity index (χ2v) is 6.00. The van der Waals surface area contributed by atoms with Gasteiger partial charge in [0.1, 0.15) is 5.82 Å². The van der Waals surface area contributed by atoms with Crippen LogP contribution in [0.3, 0.4) is 0 Å². The Bertz CT molecular complexity index is 430. The quantitative estimate of drug-likeness (QED) is 0.889.